The molecule has 0 fully saturated rings. The summed E-state index contributed by atoms with van der Waals surface area (Å²) >= 11 is 6.14. The molecule has 0 saturated carbocycles. The molecule has 0 amide bonds. The van der Waals surface area contributed by atoms with E-state index in [2.05, 4.69) is 4.98 Å². The molecule has 3 heteroatoms. The smallest absolute Gasteiger partial charge is 0.0484 e. The average Bonchev–Trinajstić information content (AvgIpc) is 2.30. The standard InChI is InChI=1S/C13H13ClN2/c14-13-4-2-1-3-12(13)10-6-8-16-11(9-10)5-7-15/h1-4,6,8-9H,5,7,15H2. The summed E-state index contributed by atoms with van der Waals surface area (Å²) in [6.07, 6.45) is 2.59. The Hall–Kier alpha value is -1.38. The number of benzene rings is 1. The van der Waals surface area contributed by atoms with E-state index in [0.29, 0.717) is 6.54 Å². The minimum atomic E-state index is 0.610. The molecule has 0 atom stereocenters. The highest BCUT2D eigenvalue weighted by atomic mass is 35.5. The summed E-state index contributed by atoms with van der Waals surface area (Å²) in [4.78, 5) is 4.26. The molecule has 0 radical (unpaired) electrons. The van der Waals surface area contributed by atoms with E-state index in [1.165, 1.54) is 0 Å². The summed E-state index contributed by atoms with van der Waals surface area (Å²) in [6.45, 7) is 0.610. The first-order valence-electron chi connectivity index (χ1n) is 5.21. The van der Waals surface area contributed by atoms with Crippen LogP contribution in [0.15, 0.2) is 42.6 Å². The van der Waals surface area contributed by atoms with E-state index in [9.17, 15) is 0 Å². The van der Waals surface area contributed by atoms with Gasteiger partial charge in [-0.25, -0.2) is 0 Å². The first-order chi connectivity index (χ1) is 7.81. The van der Waals surface area contributed by atoms with Gasteiger partial charge in [0.2, 0.25) is 0 Å². The van der Waals surface area contributed by atoms with Crippen LogP contribution in [0.5, 0.6) is 0 Å². The zero-order chi connectivity index (χ0) is 11.4. The Morgan fingerprint density at radius 1 is 1.19 bits per heavy atom. The van der Waals surface area contributed by atoms with Crippen molar-refractivity contribution in [1.29, 1.82) is 0 Å². The van der Waals surface area contributed by atoms with Gasteiger partial charge in [0.1, 0.15) is 0 Å². The van der Waals surface area contributed by atoms with Gasteiger partial charge in [-0.1, -0.05) is 29.8 Å². The number of hydrogen-bond donors (Lipinski definition) is 1. The zero-order valence-electron chi connectivity index (χ0n) is 8.86. The fourth-order valence-electron chi connectivity index (χ4n) is 1.63. The number of rotatable bonds is 3. The van der Waals surface area contributed by atoms with Crippen LogP contribution in [0.4, 0.5) is 0 Å². The molecular weight excluding hydrogens is 220 g/mol. The Labute approximate surface area is 100 Å². The van der Waals surface area contributed by atoms with Gasteiger partial charge in [-0.05, 0) is 30.3 Å². The normalized spacial score (nSPS) is 10.4. The highest BCUT2D eigenvalue weighted by molar-refractivity contribution is 6.33. The summed E-state index contributed by atoms with van der Waals surface area (Å²) in [7, 11) is 0. The first-order valence-corrected chi connectivity index (χ1v) is 5.59. The second-order valence-electron chi connectivity index (χ2n) is 3.55. The second kappa shape index (κ2) is 5.10. The summed E-state index contributed by atoms with van der Waals surface area (Å²) < 4.78 is 0. The summed E-state index contributed by atoms with van der Waals surface area (Å²) in [5, 5.41) is 0.757. The molecule has 0 unspecified atom stereocenters. The molecule has 0 aliphatic carbocycles. The molecule has 0 bridgehead atoms. The molecule has 2 nitrogen and oxygen atoms in total. The lowest BCUT2D eigenvalue weighted by atomic mass is 10.1. The van der Waals surface area contributed by atoms with Crippen LogP contribution in [0.3, 0.4) is 0 Å². The van der Waals surface area contributed by atoms with Crippen molar-refractivity contribution in [3.63, 3.8) is 0 Å². The summed E-state index contributed by atoms with van der Waals surface area (Å²) in [6, 6.07) is 11.8. The van der Waals surface area contributed by atoms with Gasteiger partial charge in [0, 0.05) is 28.9 Å². The molecule has 0 saturated heterocycles. The molecule has 2 N–H and O–H groups in total. The van der Waals surface area contributed by atoms with Crippen molar-refractivity contribution >= 4 is 11.6 Å². The molecule has 82 valence electrons. The fraction of sp³-hybridized carbons (Fsp3) is 0.154. The number of nitrogens with two attached hydrogens (primary N) is 1. The van der Waals surface area contributed by atoms with E-state index in [1.807, 2.05) is 36.4 Å². The molecule has 16 heavy (non-hydrogen) atoms. The number of aromatic nitrogens is 1. The fourth-order valence-corrected chi connectivity index (χ4v) is 1.87. The molecule has 1 aromatic heterocycles. The van der Waals surface area contributed by atoms with Crippen molar-refractivity contribution in [3.8, 4) is 11.1 Å². The third kappa shape index (κ3) is 2.40. The van der Waals surface area contributed by atoms with Crippen molar-refractivity contribution in [2.45, 2.75) is 6.42 Å². The van der Waals surface area contributed by atoms with Gasteiger partial charge in [0.25, 0.3) is 0 Å². The van der Waals surface area contributed by atoms with E-state index in [-0.39, 0.29) is 0 Å². The van der Waals surface area contributed by atoms with E-state index >= 15 is 0 Å². The van der Waals surface area contributed by atoms with Crippen LogP contribution in [0.25, 0.3) is 11.1 Å². The van der Waals surface area contributed by atoms with Gasteiger partial charge in [-0.2, -0.15) is 0 Å². The Morgan fingerprint density at radius 2 is 2.00 bits per heavy atom. The first kappa shape index (κ1) is 11.1. The average molecular weight is 233 g/mol. The third-order valence-corrected chi connectivity index (χ3v) is 2.73. The maximum atomic E-state index is 6.14. The molecule has 1 aromatic carbocycles. The maximum absolute atomic E-state index is 6.14. The SMILES string of the molecule is NCCc1cc(-c2ccccc2Cl)ccn1. The van der Waals surface area contributed by atoms with Crippen LogP contribution in [0.2, 0.25) is 5.02 Å². The highest BCUT2D eigenvalue weighted by Crippen LogP contribution is 2.27. The topological polar surface area (TPSA) is 38.9 Å². The molecular formula is C13H13ClN2. The summed E-state index contributed by atoms with van der Waals surface area (Å²) in [5.41, 5.74) is 8.63. The van der Waals surface area contributed by atoms with Crippen LogP contribution >= 0.6 is 11.6 Å². The number of pyridine rings is 1. The molecule has 1 heterocycles. The van der Waals surface area contributed by atoms with Crippen molar-refractivity contribution in [3.05, 3.63) is 53.3 Å². The lowest BCUT2D eigenvalue weighted by Gasteiger charge is -2.05. The largest absolute Gasteiger partial charge is 0.330 e. The molecule has 0 aliphatic rings. The van der Waals surface area contributed by atoms with Crippen LogP contribution in [-0.4, -0.2) is 11.5 Å². The van der Waals surface area contributed by atoms with Gasteiger partial charge in [-0.15, -0.1) is 0 Å². The van der Waals surface area contributed by atoms with E-state index < -0.39 is 0 Å². The van der Waals surface area contributed by atoms with Gasteiger partial charge < -0.3 is 5.73 Å². The van der Waals surface area contributed by atoms with Crippen LogP contribution in [0, 0.1) is 0 Å². The van der Waals surface area contributed by atoms with Crippen molar-refractivity contribution in [1.82, 2.24) is 4.98 Å². The second-order valence-corrected chi connectivity index (χ2v) is 3.96. The Bertz CT molecular complexity index is 483. The van der Waals surface area contributed by atoms with Crippen molar-refractivity contribution in [2.24, 2.45) is 5.73 Å². The monoisotopic (exact) mass is 232 g/mol. The lowest BCUT2D eigenvalue weighted by molar-refractivity contribution is 0.924. The van der Waals surface area contributed by atoms with Crippen LogP contribution < -0.4 is 5.73 Å². The molecule has 0 aliphatic heterocycles. The van der Waals surface area contributed by atoms with E-state index in [4.69, 9.17) is 17.3 Å². The zero-order valence-corrected chi connectivity index (χ0v) is 9.61. The predicted octanol–water partition coefficient (Wildman–Crippen LogP) is 2.90. The highest BCUT2D eigenvalue weighted by Gasteiger charge is 2.03. The van der Waals surface area contributed by atoms with Gasteiger partial charge >= 0.3 is 0 Å². The molecule has 2 aromatic rings. The van der Waals surface area contributed by atoms with Gasteiger partial charge in [-0.3, -0.25) is 4.98 Å². The number of nitrogens with zero attached hydrogens (tertiary/aromatic N) is 1. The third-order valence-electron chi connectivity index (χ3n) is 2.40. The van der Waals surface area contributed by atoms with Gasteiger partial charge in [0.05, 0.1) is 0 Å². The number of halogens is 1. The van der Waals surface area contributed by atoms with Crippen LogP contribution in [-0.2, 0) is 6.42 Å². The van der Waals surface area contributed by atoms with Crippen molar-refractivity contribution < 1.29 is 0 Å². The summed E-state index contributed by atoms with van der Waals surface area (Å²) in [5.74, 6) is 0. The van der Waals surface area contributed by atoms with Crippen molar-refractivity contribution in [2.75, 3.05) is 6.54 Å². The molecule has 2 rings (SSSR count). The predicted molar refractivity (Wildman–Crippen MR) is 67.4 cm³/mol. The van der Waals surface area contributed by atoms with Gasteiger partial charge in [0.15, 0.2) is 0 Å². The maximum Gasteiger partial charge on any atom is 0.0484 e. The van der Waals surface area contributed by atoms with E-state index in [0.717, 1.165) is 28.3 Å². The van der Waals surface area contributed by atoms with Crippen LogP contribution in [0.1, 0.15) is 5.69 Å². The quantitative estimate of drug-likeness (QED) is 0.884. The Balaban J connectivity index is 2.40. The minimum absolute atomic E-state index is 0.610. The number of hydrogen-bond acceptors (Lipinski definition) is 2. The Kier molecular flexibility index (Phi) is 3.54. The Morgan fingerprint density at radius 3 is 2.75 bits per heavy atom. The molecule has 0 spiro atoms. The van der Waals surface area contributed by atoms with E-state index in [1.54, 1.807) is 6.20 Å². The minimum Gasteiger partial charge on any atom is -0.330 e. The lowest BCUT2D eigenvalue weighted by Crippen LogP contribution is -2.04.